The molecular weight excluding hydrogens is 218 g/mol. The molecule has 1 rings (SSSR count). The van der Waals surface area contributed by atoms with Crippen molar-refractivity contribution in [1.82, 2.24) is 15.1 Å². The van der Waals surface area contributed by atoms with Gasteiger partial charge in [-0.15, -0.1) is 5.10 Å². The minimum atomic E-state index is -0.0890. The molecule has 0 radical (unpaired) electrons. The van der Waals surface area contributed by atoms with Crippen LogP contribution in [0.1, 0.15) is 16.8 Å². The van der Waals surface area contributed by atoms with Crippen molar-refractivity contribution in [2.24, 2.45) is 0 Å². The number of anilines is 1. The summed E-state index contributed by atoms with van der Waals surface area (Å²) in [7, 11) is 3.34. The van der Waals surface area contributed by atoms with Gasteiger partial charge in [-0.2, -0.15) is 10.4 Å². The SMILES string of the molecule is Cc1nnc(NCC(=O)N(C)C)c(C#N)c1C. The quantitative estimate of drug-likeness (QED) is 0.820. The Morgan fingerprint density at radius 3 is 2.59 bits per heavy atom. The molecule has 0 saturated heterocycles. The fourth-order valence-electron chi connectivity index (χ4n) is 1.19. The number of hydrogen-bond acceptors (Lipinski definition) is 5. The standard InChI is InChI=1S/C11H15N5O/c1-7-8(2)14-15-11(9(7)5-12)13-6-10(17)16(3)4/h6H2,1-4H3,(H,13,15). The molecule has 0 aliphatic heterocycles. The topological polar surface area (TPSA) is 81.9 Å². The zero-order chi connectivity index (χ0) is 13.0. The van der Waals surface area contributed by atoms with Gasteiger partial charge in [0.15, 0.2) is 5.82 Å². The summed E-state index contributed by atoms with van der Waals surface area (Å²) in [5.74, 6) is 0.264. The molecule has 0 aliphatic carbocycles. The monoisotopic (exact) mass is 233 g/mol. The summed E-state index contributed by atoms with van der Waals surface area (Å²) in [6, 6.07) is 2.07. The van der Waals surface area contributed by atoms with Gasteiger partial charge in [0.2, 0.25) is 5.91 Å². The van der Waals surface area contributed by atoms with Crippen LogP contribution in [0.5, 0.6) is 0 Å². The highest BCUT2D eigenvalue weighted by molar-refractivity contribution is 5.80. The Kier molecular flexibility index (Phi) is 3.99. The fraction of sp³-hybridized carbons (Fsp3) is 0.455. The van der Waals surface area contributed by atoms with Crippen molar-refractivity contribution in [3.63, 3.8) is 0 Å². The van der Waals surface area contributed by atoms with Crippen LogP contribution in [0.3, 0.4) is 0 Å². The minimum Gasteiger partial charge on any atom is -0.358 e. The van der Waals surface area contributed by atoms with Crippen molar-refractivity contribution >= 4 is 11.7 Å². The molecule has 0 saturated carbocycles. The molecular formula is C11H15N5O. The first-order chi connectivity index (χ1) is 7.97. The average Bonchev–Trinajstić information content (AvgIpc) is 2.30. The van der Waals surface area contributed by atoms with E-state index in [1.54, 1.807) is 21.0 Å². The lowest BCUT2D eigenvalue weighted by Gasteiger charge is -2.12. The van der Waals surface area contributed by atoms with Gasteiger partial charge in [-0.3, -0.25) is 4.79 Å². The first kappa shape index (κ1) is 12.9. The minimum absolute atomic E-state index is 0.0890. The Balaban J connectivity index is 2.90. The van der Waals surface area contributed by atoms with E-state index in [0.717, 1.165) is 5.56 Å². The molecule has 17 heavy (non-hydrogen) atoms. The number of likely N-dealkylation sites (N-methyl/N-ethyl adjacent to an activating group) is 1. The molecule has 1 aromatic heterocycles. The molecule has 6 heteroatoms. The highest BCUT2D eigenvalue weighted by atomic mass is 16.2. The van der Waals surface area contributed by atoms with Gasteiger partial charge in [0.05, 0.1) is 12.2 Å². The van der Waals surface area contributed by atoms with Crippen LogP contribution in [0.2, 0.25) is 0 Å². The maximum atomic E-state index is 11.4. The molecule has 0 aromatic carbocycles. The summed E-state index contributed by atoms with van der Waals surface area (Å²) >= 11 is 0. The van der Waals surface area contributed by atoms with E-state index < -0.39 is 0 Å². The molecule has 0 atom stereocenters. The van der Waals surface area contributed by atoms with Gasteiger partial charge >= 0.3 is 0 Å². The van der Waals surface area contributed by atoms with E-state index in [2.05, 4.69) is 21.6 Å². The maximum absolute atomic E-state index is 11.4. The lowest BCUT2D eigenvalue weighted by molar-refractivity contribution is -0.126. The van der Waals surface area contributed by atoms with E-state index in [0.29, 0.717) is 17.1 Å². The molecule has 0 aliphatic rings. The van der Waals surface area contributed by atoms with E-state index in [-0.39, 0.29) is 12.5 Å². The van der Waals surface area contributed by atoms with Crippen LogP contribution in [-0.4, -0.2) is 41.6 Å². The molecule has 1 aromatic rings. The van der Waals surface area contributed by atoms with Gasteiger partial charge < -0.3 is 10.2 Å². The van der Waals surface area contributed by atoms with E-state index >= 15 is 0 Å². The lowest BCUT2D eigenvalue weighted by Crippen LogP contribution is -2.29. The van der Waals surface area contributed by atoms with Crippen molar-refractivity contribution in [3.05, 3.63) is 16.8 Å². The summed E-state index contributed by atoms with van der Waals surface area (Å²) in [6.07, 6.45) is 0. The van der Waals surface area contributed by atoms with E-state index in [4.69, 9.17) is 5.26 Å². The van der Waals surface area contributed by atoms with E-state index in [1.165, 1.54) is 4.90 Å². The number of nitriles is 1. The highest BCUT2D eigenvalue weighted by Crippen LogP contribution is 2.16. The van der Waals surface area contributed by atoms with Crippen LogP contribution in [0.4, 0.5) is 5.82 Å². The van der Waals surface area contributed by atoms with E-state index in [9.17, 15) is 4.79 Å². The van der Waals surface area contributed by atoms with Gasteiger partial charge in [-0.25, -0.2) is 0 Å². The third kappa shape index (κ3) is 2.91. The summed E-state index contributed by atoms with van der Waals surface area (Å²) < 4.78 is 0. The number of rotatable bonds is 3. The predicted octanol–water partition coefficient (Wildman–Crippen LogP) is 0.465. The van der Waals surface area contributed by atoms with Gasteiger partial charge in [-0.1, -0.05) is 0 Å². The van der Waals surface area contributed by atoms with Gasteiger partial charge in [0.25, 0.3) is 0 Å². The molecule has 90 valence electrons. The number of hydrogen-bond donors (Lipinski definition) is 1. The first-order valence-corrected chi connectivity index (χ1v) is 5.15. The lowest BCUT2D eigenvalue weighted by atomic mass is 10.1. The third-order valence-electron chi connectivity index (χ3n) is 2.47. The molecule has 0 spiro atoms. The molecule has 0 fully saturated rings. The van der Waals surface area contributed by atoms with Crippen molar-refractivity contribution in [2.45, 2.75) is 13.8 Å². The van der Waals surface area contributed by atoms with Crippen LogP contribution in [0.25, 0.3) is 0 Å². The second kappa shape index (κ2) is 5.25. The number of amides is 1. The Bertz CT molecular complexity index is 475. The van der Waals surface area contributed by atoms with Crippen LogP contribution >= 0.6 is 0 Å². The third-order valence-corrected chi connectivity index (χ3v) is 2.47. The summed E-state index contributed by atoms with van der Waals surface area (Å²) in [5.41, 5.74) is 1.93. The van der Waals surface area contributed by atoms with Crippen molar-refractivity contribution in [1.29, 1.82) is 5.26 Å². The largest absolute Gasteiger partial charge is 0.358 e. The molecule has 1 amide bonds. The van der Waals surface area contributed by atoms with Crippen molar-refractivity contribution in [2.75, 3.05) is 26.0 Å². The maximum Gasteiger partial charge on any atom is 0.241 e. The Morgan fingerprint density at radius 2 is 2.06 bits per heavy atom. The molecule has 1 N–H and O–H groups in total. The summed E-state index contributed by atoms with van der Waals surface area (Å²) in [5, 5.41) is 19.7. The number of nitrogens with one attached hydrogen (secondary N) is 1. The number of aromatic nitrogens is 2. The molecule has 1 heterocycles. The predicted molar refractivity (Wildman–Crippen MR) is 63.4 cm³/mol. The molecule has 0 unspecified atom stereocenters. The second-order valence-electron chi connectivity index (χ2n) is 3.89. The van der Waals surface area contributed by atoms with Crippen LogP contribution in [0.15, 0.2) is 0 Å². The highest BCUT2D eigenvalue weighted by Gasteiger charge is 2.12. The van der Waals surface area contributed by atoms with Gasteiger partial charge in [0, 0.05) is 14.1 Å². The Morgan fingerprint density at radius 1 is 1.41 bits per heavy atom. The number of nitrogens with zero attached hydrogens (tertiary/aromatic N) is 4. The van der Waals surface area contributed by atoms with Gasteiger partial charge in [-0.05, 0) is 19.4 Å². The average molecular weight is 233 g/mol. The second-order valence-corrected chi connectivity index (χ2v) is 3.89. The number of carbonyl (C=O) groups excluding carboxylic acids is 1. The van der Waals surface area contributed by atoms with Crippen molar-refractivity contribution < 1.29 is 4.79 Å². The Hall–Kier alpha value is -2.16. The fourth-order valence-corrected chi connectivity index (χ4v) is 1.19. The van der Waals surface area contributed by atoms with Gasteiger partial charge in [0.1, 0.15) is 11.6 Å². The van der Waals surface area contributed by atoms with Crippen LogP contribution in [-0.2, 0) is 4.79 Å². The number of carbonyl (C=O) groups is 1. The Labute approximate surface area is 100 Å². The summed E-state index contributed by atoms with van der Waals surface area (Å²) in [6.45, 7) is 3.69. The number of aryl methyl sites for hydroxylation is 1. The molecule has 6 nitrogen and oxygen atoms in total. The van der Waals surface area contributed by atoms with Crippen LogP contribution < -0.4 is 5.32 Å². The normalized spacial score (nSPS) is 9.59. The molecule has 0 bridgehead atoms. The van der Waals surface area contributed by atoms with Crippen molar-refractivity contribution in [3.8, 4) is 6.07 Å². The summed E-state index contributed by atoms with van der Waals surface area (Å²) in [4.78, 5) is 12.9. The zero-order valence-electron chi connectivity index (χ0n) is 10.4. The van der Waals surface area contributed by atoms with E-state index in [1.807, 2.05) is 6.92 Å². The smallest absolute Gasteiger partial charge is 0.241 e. The zero-order valence-corrected chi connectivity index (χ0v) is 10.4. The van der Waals surface area contributed by atoms with Crippen LogP contribution in [0, 0.1) is 25.2 Å². The first-order valence-electron chi connectivity index (χ1n) is 5.15.